The quantitative estimate of drug-likeness (QED) is 0.660. The molecule has 4 heteroatoms. The molecule has 13 heavy (non-hydrogen) atoms. The second-order valence-corrected chi connectivity index (χ2v) is 6.13. The third kappa shape index (κ3) is 9.53. The lowest BCUT2D eigenvalue weighted by Crippen LogP contribution is -2.07. The Hall–Kier alpha value is -0.380. The maximum atomic E-state index is 11.1. The zero-order valence-electron chi connectivity index (χ0n) is 8.54. The highest BCUT2D eigenvalue weighted by Gasteiger charge is 2.07. The van der Waals surface area contributed by atoms with E-state index in [2.05, 4.69) is 0 Å². The number of ketones is 1. The first-order valence-corrected chi connectivity index (χ1v) is 6.56. The molecule has 0 radical (unpaired) electrons. The number of rotatable bonds is 6. The van der Waals surface area contributed by atoms with Crippen molar-refractivity contribution in [3.05, 3.63) is 0 Å². The van der Waals surface area contributed by atoms with Gasteiger partial charge < -0.3 is 0 Å². The molecule has 0 amide bonds. The van der Waals surface area contributed by atoms with Crippen molar-refractivity contribution in [2.75, 3.05) is 12.0 Å². The summed E-state index contributed by atoms with van der Waals surface area (Å²) in [6.07, 6.45) is 2.61. The van der Waals surface area contributed by atoms with Gasteiger partial charge in [-0.15, -0.1) is 0 Å². The van der Waals surface area contributed by atoms with Gasteiger partial charge in [-0.25, -0.2) is 8.42 Å². The third-order valence-corrected chi connectivity index (χ3v) is 2.64. The van der Waals surface area contributed by atoms with E-state index in [0.717, 1.165) is 0 Å². The van der Waals surface area contributed by atoms with E-state index in [0.29, 0.717) is 25.2 Å². The predicted octanol–water partition coefficient (Wildman–Crippen LogP) is 1.43. The van der Waals surface area contributed by atoms with Crippen molar-refractivity contribution in [3.63, 3.8) is 0 Å². The smallest absolute Gasteiger partial charge is 0.147 e. The molecule has 0 fully saturated rings. The second-order valence-electron chi connectivity index (χ2n) is 3.87. The van der Waals surface area contributed by atoms with Gasteiger partial charge in [-0.05, 0) is 12.3 Å². The maximum Gasteiger partial charge on any atom is 0.147 e. The highest BCUT2D eigenvalue weighted by molar-refractivity contribution is 7.90. The molecule has 0 atom stereocenters. The molecular weight excluding hydrogens is 188 g/mol. The van der Waals surface area contributed by atoms with Crippen molar-refractivity contribution in [1.82, 2.24) is 0 Å². The minimum atomic E-state index is -2.90. The fraction of sp³-hybridized carbons (Fsp3) is 0.889. The van der Waals surface area contributed by atoms with Crippen molar-refractivity contribution in [2.24, 2.45) is 5.92 Å². The summed E-state index contributed by atoms with van der Waals surface area (Å²) >= 11 is 0. The summed E-state index contributed by atoms with van der Waals surface area (Å²) in [6, 6.07) is 0. The van der Waals surface area contributed by atoms with Gasteiger partial charge in [0.15, 0.2) is 0 Å². The van der Waals surface area contributed by atoms with E-state index in [1.165, 1.54) is 6.26 Å². The van der Waals surface area contributed by atoms with Crippen LogP contribution in [0.5, 0.6) is 0 Å². The lowest BCUT2D eigenvalue weighted by Gasteiger charge is -2.02. The lowest BCUT2D eigenvalue weighted by atomic mass is 10.0. The van der Waals surface area contributed by atoms with Crippen molar-refractivity contribution in [3.8, 4) is 0 Å². The van der Waals surface area contributed by atoms with E-state index in [1.807, 2.05) is 13.8 Å². The van der Waals surface area contributed by atoms with Crippen LogP contribution >= 0.6 is 0 Å². The second kappa shape index (κ2) is 5.37. The molecule has 0 saturated carbocycles. The van der Waals surface area contributed by atoms with Crippen molar-refractivity contribution < 1.29 is 13.2 Å². The van der Waals surface area contributed by atoms with Gasteiger partial charge >= 0.3 is 0 Å². The number of hydrogen-bond acceptors (Lipinski definition) is 3. The summed E-state index contributed by atoms with van der Waals surface area (Å²) in [5, 5.41) is 0. The van der Waals surface area contributed by atoms with Gasteiger partial charge in [0.05, 0.1) is 5.75 Å². The molecule has 0 aliphatic rings. The number of carbonyl (C=O) groups is 1. The van der Waals surface area contributed by atoms with Gasteiger partial charge in [0.2, 0.25) is 0 Å². The highest BCUT2D eigenvalue weighted by atomic mass is 32.2. The standard InChI is InChI=1S/C9H18O3S/c1-8(2)7-9(10)5-4-6-13(3,11)12/h8H,4-7H2,1-3H3. The first-order valence-electron chi connectivity index (χ1n) is 4.50. The molecule has 0 aromatic carbocycles. The molecule has 0 heterocycles. The van der Waals surface area contributed by atoms with Gasteiger partial charge in [-0.1, -0.05) is 13.8 Å². The summed E-state index contributed by atoms with van der Waals surface area (Å²) in [6.45, 7) is 3.96. The first-order chi connectivity index (χ1) is 5.81. The van der Waals surface area contributed by atoms with Crippen molar-refractivity contribution in [1.29, 1.82) is 0 Å². The average molecular weight is 206 g/mol. The molecule has 0 rings (SSSR count). The van der Waals surface area contributed by atoms with E-state index in [4.69, 9.17) is 0 Å². The van der Waals surface area contributed by atoms with E-state index >= 15 is 0 Å². The molecule has 0 unspecified atom stereocenters. The summed E-state index contributed by atoms with van der Waals surface area (Å²) in [4.78, 5) is 11.1. The molecule has 0 N–H and O–H groups in total. The normalized spacial score (nSPS) is 12.0. The Morgan fingerprint density at radius 2 is 1.85 bits per heavy atom. The molecule has 0 saturated heterocycles. The summed E-state index contributed by atoms with van der Waals surface area (Å²) in [5.74, 6) is 0.654. The van der Waals surface area contributed by atoms with E-state index in [9.17, 15) is 13.2 Å². The Kier molecular flexibility index (Phi) is 5.21. The van der Waals surface area contributed by atoms with E-state index < -0.39 is 9.84 Å². The van der Waals surface area contributed by atoms with Crippen LogP contribution in [-0.2, 0) is 14.6 Å². The van der Waals surface area contributed by atoms with Crippen LogP contribution in [0, 0.1) is 5.92 Å². The topological polar surface area (TPSA) is 51.2 Å². The Balaban J connectivity index is 3.61. The van der Waals surface area contributed by atoms with Gasteiger partial charge in [-0.3, -0.25) is 4.79 Å². The Morgan fingerprint density at radius 1 is 1.31 bits per heavy atom. The minimum absolute atomic E-state index is 0.122. The Bertz CT molecular complexity index is 252. The molecule has 0 aliphatic carbocycles. The molecular formula is C9H18O3S. The first kappa shape index (κ1) is 12.6. The average Bonchev–Trinajstić information content (AvgIpc) is 1.81. The fourth-order valence-electron chi connectivity index (χ4n) is 1.09. The van der Waals surface area contributed by atoms with Gasteiger partial charge in [0.25, 0.3) is 0 Å². The number of sulfone groups is 1. The molecule has 0 aliphatic heterocycles. The number of Topliss-reactive ketones (excluding diaryl/α,β-unsaturated/α-hetero) is 1. The third-order valence-electron chi connectivity index (χ3n) is 1.61. The molecule has 0 spiro atoms. The Morgan fingerprint density at radius 3 is 2.23 bits per heavy atom. The molecule has 78 valence electrons. The minimum Gasteiger partial charge on any atom is -0.300 e. The zero-order chi connectivity index (χ0) is 10.5. The van der Waals surface area contributed by atoms with Crippen LogP contribution in [0.15, 0.2) is 0 Å². The maximum absolute atomic E-state index is 11.1. The number of hydrogen-bond donors (Lipinski definition) is 0. The highest BCUT2D eigenvalue weighted by Crippen LogP contribution is 2.05. The van der Waals surface area contributed by atoms with Crippen LogP contribution in [0.4, 0.5) is 0 Å². The van der Waals surface area contributed by atoms with Crippen LogP contribution < -0.4 is 0 Å². The molecule has 0 aromatic heterocycles. The van der Waals surface area contributed by atoms with Gasteiger partial charge in [0.1, 0.15) is 15.6 Å². The van der Waals surface area contributed by atoms with Crippen molar-refractivity contribution >= 4 is 15.6 Å². The van der Waals surface area contributed by atoms with Crippen LogP contribution in [0.25, 0.3) is 0 Å². The van der Waals surface area contributed by atoms with Crippen LogP contribution in [0.1, 0.15) is 33.1 Å². The van der Waals surface area contributed by atoms with Crippen molar-refractivity contribution in [2.45, 2.75) is 33.1 Å². The fourth-order valence-corrected chi connectivity index (χ4v) is 1.76. The molecule has 0 bridgehead atoms. The van der Waals surface area contributed by atoms with E-state index in [1.54, 1.807) is 0 Å². The summed E-state index contributed by atoms with van der Waals surface area (Å²) in [5.41, 5.74) is 0. The largest absolute Gasteiger partial charge is 0.300 e. The SMILES string of the molecule is CC(C)CC(=O)CCCS(C)(=O)=O. The zero-order valence-corrected chi connectivity index (χ0v) is 9.36. The van der Waals surface area contributed by atoms with Crippen LogP contribution in [0.2, 0.25) is 0 Å². The van der Waals surface area contributed by atoms with Gasteiger partial charge in [-0.2, -0.15) is 0 Å². The predicted molar refractivity (Wildman–Crippen MR) is 53.4 cm³/mol. The Labute approximate surface area is 80.4 Å². The van der Waals surface area contributed by atoms with Crippen LogP contribution in [0.3, 0.4) is 0 Å². The monoisotopic (exact) mass is 206 g/mol. The molecule has 0 aromatic rings. The number of carbonyl (C=O) groups excluding carboxylic acids is 1. The summed E-state index contributed by atoms with van der Waals surface area (Å²) < 4.78 is 21.4. The lowest BCUT2D eigenvalue weighted by molar-refractivity contribution is -0.119. The molecule has 3 nitrogen and oxygen atoms in total. The van der Waals surface area contributed by atoms with Crippen LogP contribution in [-0.4, -0.2) is 26.2 Å². The summed E-state index contributed by atoms with van der Waals surface area (Å²) in [7, 11) is -2.90. The van der Waals surface area contributed by atoms with Gasteiger partial charge in [0, 0.05) is 19.1 Å². The van der Waals surface area contributed by atoms with E-state index in [-0.39, 0.29) is 11.5 Å².